The zero-order valence-corrected chi connectivity index (χ0v) is 10.5. The quantitative estimate of drug-likeness (QED) is 0.391. The molecule has 0 aliphatic rings. The minimum Gasteiger partial charge on any atom is -0.383 e. The van der Waals surface area contributed by atoms with Gasteiger partial charge in [0, 0.05) is 40.4 Å². The molecule has 0 atom stereocenters. The summed E-state index contributed by atoms with van der Waals surface area (Å²) < 4.78 is 10.2. The molecule has 0 aliphatic heterocycles. The summed E-state index contributed by atoms with van der Waals surface area (Å²) in [6.07, 6.45) is 3.77. The maximum Gasteiger partial charge on any atom is 0.0603 e. The Labute approximate surface area is 99.1 Å². The number of methoxy groups -OCH3 is 2. The lowest BCUT2D eigenvalue weighted by molar-refractivity contribution is -0.0359. The molecule has 0 saturated carbocycles. The first-order chi connectivity index (χ1) is 7.79. The highest BCUT2D eigenvalue weighted by Gasteiger charge is 2.12. The topological polar surface area (TPSA) is 24.9 Å². The van der Waals surface area contributed by atoms with Gasteiger partial charge in [-0.25, -0.2) is 10.0 Å². The predicted octanol–water partition coefficient (Wildman–Crippen LogP) is 1.17. The van der Waals surface area contributed by atoms with E-state index in [2.05, 4.69) is 23.2 Å². The summed E-state index contributed by atoms with van der Waals surface area (Å²) in [5, 5.41) is 4.38. The van der Waals surface area contributed by atoms with Crippen molar-refractivity contribution in [2.24, 2.45) is 0 Å². The summed E-state index contributed by atoms with van der Waals surface area (Å²) in [5.74, 6) is 0. The van der Waals surface area contributed by atoms with Gasteiger partial charge in [-0.15, -0.1) is 13.2 Å². The van der Waals surface area contributed by atoms with Crippen molar-refractivity contribution in [3.8, 4) is 0 Å². The number of ether oxygens (including phenoxy) is 2. The van der Waals surface area contributed by atoms with Gasteiger partial charge in [-0.1, -0.05) is 12.2 Å². The van der Waals surface area contributed by atoms with Crippen molar-refractivity contribution in [2.45, 2.75) is 0 Å². The van der Waals surface area contributed by atoms with Gasteiger partial charge < -0.3 is 9.47 Å². The van der Waals surface area contributed by atoms with Gasteiger partial charge in [0.1, 0.15) is 0 Å². The molecule has 0 aromatic carbocycles. The van der Waals surface area contributed by atoms with Crippen molar-refractivity contribution < 1.29 is 9.47 Å². The van der Waals surface area contributed by atoms with Crippen molar-refractivity contribution in [3.05, 3.63) is 25.3 Å². The largest absolute Gasteiger partial charge is 0.383 e. The number of hydrogen-bond donors (Lipinski definition) is 0. The van der Waals surface area contributed by atoms with Crippen LogP contribution in [-0.4, -0.2) is 63.6 Å². The fraction of sp³-hybridized carbons (Fsp3) is 0.667. The first kappa shape index (κ1) is 15.3. The van der Waals surface area contributed by atoms with E-state index >= 15 is 0 Å². The predicted molar refractivity (Wildman–Crippen MR) is 67.3 cm³/mol. The van der Waals surface area contributed by atoms with Crippen LogP contribution in [0.1, 0.15) is 0 Å². The zero-order valence-electron chi connectivity index (χ0n) is 10.5. The van der Waals surface area contributed by atoms with Gasteiger partial charge >= 0.3 is 0 Å². The number of hydrogen-bond acceptors (Lipinski definition) is 4. The van der Waals surface area contributed by atoms with Gasteiger partial charge in [0.25, 0.3) is 0 Å². The van der Waals surface area contributed by atoms with Crippen LogP contribution < -0.4 is 0 Å². The van der Waals surface area contributed by atoms with Crippen LogP contribution in [0.3, 0.4) is 0 Å². The molecule has 0 N–H and O–H groups in total. The summed E-state index contributed by atoms with van der Waals surface area (Å²) in [5.41, 5.74) is 0. The number of hydrazine groups is 1. The van der Waals surface area contributed by atoms with E-state index in [0.29, 0.717) is 13.2 Å². The van der Waals surface area contributed by atoms with Gasteiger partial charge in [-0.3, -0.25) is 0 Å². The van der Waals surface area contributed by atoms with Gasteiger partial charge in [0.15, 0.2) is 0 Å². The average molecular weight is 228 g/mol. The molecular formula is C12H24N2O2. The van der Waals surface area contributed by atoms with E-state index in [1.807, 2.05) is 12.2 Å². The standard InChI is InChI=1S/C12H24N2O2/c1-5-7-13(8-6-2)14(9-11-15-3)10-12-16-4/h5-6H,1-2,7-12H2,3-4H3. The molecule has 0 fully saturated rings. The van der Waals surface area contributed by atoms with Crippen LogP contribution in [0.25, 0.3) is 0 Å². The van der Waals surface area contributed by atoms with Crippen LogP contribution in [0, 0.1) is 0 Å². The van der Waals surface area contributed by atoms with Crippen molar-refractivity contribution in [1.29, 1.82) is 0 Å². The minimum atomic E-state index is 0.703. The Bertz CT molecular complexity index is 168. The second-order valence-electron chi connectivity index (χ2n) is 3.39. The molecule has 0 rings (SSSR count). The Balaban J connectivity index is 4.25. The molecular weight excluding hydrogens is 204 g/mol. The SMILES string of the molecule is C=CCN(CC=C)N(CCOC)CCOC. The fourth-order valence-corrected chi connectivity index (χ4v) is 1.39. The second kappa shape index (κ2) is 10.8. The fourth-order valence-electron chi connectivity index (χ4n) is 1.39. The second-order valence-corrected chi connectivity index (χ2v) is 3.39. The van der Waals surface area contributed by atoms with Crippen LogP contribution >= 0.6 is 0 Å². The molecule has 0 spiro atoms. The molecule has 0 aliphatic carbocycles. The number of nitrogens with zero attached hydrogens (tertiary/aromatic N) is 2. The zero-order chi connectivity index (χ0) is 12.2. The summed E-state index contributed by atoms with van der Waals surface area (Å²) >= 11 is 0. The smallest absolute Gasteiger partial charge is 0.0603 e. The van der Waals surface area contributed by atoms with Crippen molar-refractivity contribution >= 4 is 0 Å². The molecule has 0 amide bonds. The first-order valence-corrected chi connectivity index (χ1v) is 5.49. The number of rotatable bonds is 11. The molecule has 4 heteroatoms. The molecule has 94 valence electrons. The lowest BCUT2D eigenvalue weighted by atomic mass is 10.5. The van der Waals surface area contributed by atoms with E-state index in [0.717, 1.165) is 26.2 Å². The van der Waals surface area contributed by atoms with Gasteiger partial charge in [-0.2, -0.15) is 0 Å². The molecule has 4 nitrogen and oxygen atoms in total. The molecule has 0 unspecified atom stereocenters. The summed E-state index contributed by atoms with van der Waals surface area (Å²) in [7, 11) is 3.42. The van der Waals surface area contributed by atoms with E-state index in [-0.39, 0.29) is 0 Å². The van der Waals surface area contributed by atoms with Gasteiger partial charge in [-0.05, 0) is 0 Å². The third-order valence-electron chi connectivity index (χ3n) is 2.19. The first-order valence-electron chi connectivity index (χ1n) is 5.49. The summed E-state index contributed by atoms with van der Waals surface area (Å²) in [4.78, 5) is 0. The summed E-state index contributed by atoms with van der Waals surface area (Å²) in [6.45, 7) is 12.2. The lowest BCUT2D eigenvalue weighted by Gasteiger charge is -2.33. The van der Waals surface area contributed by atoms with Crippen LogP contribution in [0.4, 0.5) is 0 Å². The molecule has 0 saturated heterocycles. The Kier molecular flexibility index (Phi) is 10.4. The third-order valence-corrected chi connectivity index (χ3v) is 2.19. The van der Waals surface area contributed by atoms with Crippen LogP contribution in [-0.2, 0) is 9.47 Å². The van der Waals surface area contributed by atoms with E-state index in [9.17, 15) is 0 Å². The molecule has 16 heavy (non-hydrogen) atoms. The van der Waals surface area contributed by atoms with Gasteiger partial charge in [0.2, 0.25) is 0 Å². The van der Waals surface area contributed by atoms with Crippen molar-refractivity contribution in [3.63, 3.8) is 0 Å². The van der Waals surface area contributed by atoms with Gasteiger partial charge in [0.05, 0.1) is 13.2 Å². The average Bonchev–Trinajstić information content (AvgIpc) is 2.29. The van der Waals surface area contributed by atoms with E-state index < -0.39 is 0 Å². The minimum absolute atomic E-state index is 0.703. The molecule has 0 radical (unpaired) electrons. The van der Waals surface area contributed by atoms with E-state index in [1.54, 1.807) is 14.2 Å². The monoisotopic (exact) mass is 228 g/mol. The van der Waals surface area contributed by atoms with E-state index in [4.69, 9.17) is 9.47 Å². The highest BCUT2D eigenvalue weighted by molar-refractivity contribution is 4.78. The lowest BCUT2D eigenvalue weighted by Crippen LogP contribution is -2.46. The molecule has 0 heterocycles. The maximum atomic E-state index is 5.10. The van der Waals surface area contributed by atoms with Crippen LogP contribution in [0.15, 0.2) is 25.3 Å². The Morgan fingerprint density at radius 2 is 1.31 bits per heavy atom. The molecule has 0 aromatic rings. The van der Waals surface area contributed by atoms with Crippen LogP contribution in [0.5, 0.6) is 0 Å². The van der Waals surface area contributed by atoms with Crippen molar-refractivity contribution in [1.82, 2.24) is 10.0 Å². The molecule has 0 bridgehead atoms. The van der Waals surface area contributed by atoms with E-state index in [1.165, 1.54) is 0 Å². The van der Waals surface area contributed by atoms with Crippen molar-refractivity contribution in [2.75, 3.05) is 53.6 Å². The Morgan fingerprint density at radius 1 is 0.875 bits per heavy atom. The Morgan fingerprint density at radius 3 is 1.62 bits per heavy atom. The maximum absolute atomic E-state index is 5.10. The normalized spacial score (nSPS) is 11.0. The molecule has 0 aromatic heterocycles. The Hall–Kier alpha value is -0.680. The third kappa shape index (κ3) is 6.74. The van der Waals surface area contributed by atoms with Crippen LogP contribution in [0.2, 0.25) is 0 Å². The summed E-state index contributed by atoms with van der Waals surface area (Å²) in [6, 6.07) is 0. The highest BCUT2D eigenvalue weighted by atomic mass is 16.5. The highest BCUT2D eigenvalue weighted by Crippen LogP contribution is 1.99.